The number of ether oxygens (including phenoxy) is 2. The van der Waals surface area contributed by atoms with Gasteiger partial charge in [-0.3, -0.25) is 19.1 Å². The van der Waals surface area contributed by atoms with E-state index in [0.29, 0.717) is 34.8 Å². The molecule has 0 unspecified atom stereocenters. The molecule has 0 bridgehead atoms. The Kier molecular flexibility index (Phi) is 6.43. The first-order chi connectivity index (χ1) is 17.5. The highest BCUT2D eigenvalue weighted by molar-refractivity contribution is 5.78. The first-order valence-corrected chi connectivity index (χ1v) is 11.8. The Balaban J connectivity index is 1.64. The summed E-state index contributed by atoms with van der Waals surface area (Å²) in [7, 11) is 3.27. The number of nitrogens with two attached hydrogens (primary N) is 1. The standard InChI is InChI=1S/C28H28N4O4/c1-35-23-14-19-12-13-31(27(18-8-4-3-5-9-18)21(19)15-24(23)36-2)17-26-30-22-11-7-6-10-20(22)28(34)32(26)16-25(29)33/h3-11,14-15,27H,12-13,16-17H2,1-2H3,(H2,29,33)/t27-/m0/s1. The van der Waals surface area contributed by atoms with Crippen molar-refractivity contribution in [3.63, 3.8) is 0 Å². The van der Waals surface area contributed by atoms with Gasteiger partial charge in [-0.05, 0) is 47.4 Å². The number of hydrogen-bond donors (Lipinski definition) is 1. The van der Waals surface area contributed by atoms with Crippen LogP contribution >= 0.6 is 0 Å². The van der Waals surface area contributed by atoms with E-state index in [0.717, 1.165) is 24.1 Å². The fourth-order valence-corrected chi connectivity index (χ4v) is 5.03. The number of amides is 1. The average Bonchev–Trinajstić information content (AvgIpc) is 2.90. The van der Waals surface area contributed by atoms with Crippen molar-refractivity contribution in [2.75, 3.05) is 20.8 Å². The summed E-state index contributed by atoms with van der Waals surface area (Å²) in [6.45, 7) is 0.861. The molecule has 0 aliphatic carbocycles. The molecule has 3 aromatic carbocycles. The maximum absolute atomic E-state index is 13.3. The molecule has 0 radical (unpaired) electrons. The average molecular weight is 485 g/mol. The van der Waals surface area contributed by atoms with Crippen molar-refractivity contribution in [3.8, 4) is 11.5 Å². The Hall–Kier alpha value is -4.17. The van der Waals surface area contributed by atoms with E-state index in [1.807, 2.05) is 42.5 Å². The molecule has 184 valence electrons. The summed E-state index contributed by atoms with van der Waals surface area (Å²) >= 11 is 0. The minimum Gasteiger partial charge on any atom is -0.493 e. The Morgan fingerprint density at radius 2 is 1.72 bits per heavy atom. The van der Waals surface area contributed by atoms with E-state index >= 15 is 0 Å². The molecule has 2 N–H and O–H groups in total. The summed E-state index contributed by atoms with van der Waals surface area (Å²) in [5, 5.41) is 0.461. The quantitative estimate of drug-likeness (QED) is 0.433. The van der Waals surface area contributed by atoms with Crippen molar-refractivity contribution in [2.24, 2.45) is 5.73 Å². The molecule has 0 fully saturated rings. The van der Waals surface area contributed by atoms with Gasteiger partial charge in [-0.25, -0.2) is 4.98 Å². The van der Waals surface area contributed by atoms with Crippen LogP contribution in [0.4, 0.5) is 0 Å². The third-order valence-corrected chi connectivity index (χ3v) is 6.69. The summed E-state index contributed by atoms with van der Waals surface area (Å²) in [5.41, 5.74) is 9.23. The Labute approximate surface area is 208 Å². The zero-order chi connectivity index (χ0) is 25.2. The molecule has 5 rings (SSSR count). The Bertz CT molecular complexity index is 1480. The molecule has 8 nitrogen and oxygen atoms in total. The van der Waals surface area contributed by atoms with Gasteiger partial charge in [0.1, 0.15) is 12.4 Å². The number of primary amides is 1. The molecule has 2 heterocycles. The number of fused-ring (bicyclic) bond motifs is 2. The predicted octanol–water partition coefficient (Wildman–Crippen LogP) is 3.05. The number of hydrogen-bond acceptors (Lipinski definition) is 6. The Morgan fingerprint density at radius 3 is 2.44 bits per heavy atom. The zero-order valence-electron chi connectivity index (χ0n) is 20.3. The zero-order valence-corrected chi connectivity index (χ0v) is 20.3. The molecule has 0 spiro atoms. The van der Waals surface area contributed by atoms with Crippen molar-refractivity contribution < 1.29 is 14.3 Å². The van der Waals surface area contributed by atoms with Gasteiger partial charge in [-0.15, -0.1) is 0 Å². The molecule has 1 amide bonds. The van der Waals surface area contributed by atoms with E-state index in [9.17, 15) is 9.59 Å². The summed E-state index contributed by atoms with van der Waals surface area (Å²) in [6, 6.07) is 21.3. The normalized spacial score (nSPS) is 15.4. The highest BCUT2D eigenvalue weighted by Gasteiger charge is 2.31. The van der Waals surface area contributed by atoms with Crippen LogP contribution in [0.1, 0.15) is 28.6 Å². The largest absolute Gasteiger partial charge is 0.493 e. The summed E-state index contributed by atoms with van der Waals surface area (Å²) in [4.78, 5) is 32.2. The van der Waals surface area contributed by atoms with E-state index in [4.69, 9.17) is 20.2 Å². The minimum absolute atomic E-state index is 0.111. The number of carbonyl (C=O) groups excluding carboxylic acids is 1. The second kappa shape index (κ2) is 9.83. The van der Waals surface area contributed by atoms with E-state index in [1.165, 1.54) is 10.1 Å². The number of nitrogens with zero attached hydrogens (tertiary/aromatic N) is 3. The fourth-order valence-electron chi connectivity index (χ4n) is 5.03. The van der Waals surface area contributed by atoms with Crippen molar-refractivity contribution >= 4 is 16.8 Å². The van der Waals surface area contributed by atoms with Crippen LogP contribution in [0.2, 0.25) is 0 Å². The number of carbonyl (C=O) groups is 1. The SMILES string of the molecule is COc1cc2c(cc1OC)[C@H](c1ccccc1)N(Cc1nc3ccccc3c(=O)n1CC(N)=O)CC2. The summed E-state index contributed by atoms with van der Waals surface area (Å²) in [5.74, 6) is 1.27. The summed E-state index contributed by atoms with van der Waals surface area (Å²) < 4.78 is 12.6. The molecule has 0 saturated carbocycles. The highest BCUT2D eigenvalue weighted by atomic mass is 16.5. The van der Waals surface area contributed by atoms with Crippen molar-refractivity contribution in [3.05, 3.63) is 99.6 Å². The molecular weight excluding hydrogens is 456 g/mol. The monoisotopic (exact) mass is 484 g/mol. The minimum atomic E-state index is -0.587. The second-order valence-corrected chi connectivity index (χ2v) is 8.84. The number of rotatable bonds is 7. The van der Waals surface area contributed by atoms with Crippen molar-refractivity contribution in [1.82, 2.24) is 14.5 Å². The Morgan fingerprint density at radius 1 is 1.03 bits per heavy atom. The van der Waals surface area contributed by atoms with Crippen LogP contribution in [0.3, 0.4) is 0 Å². The third kappa shape index (κ3) is 4.31. The molecule has 36 heavy (non-hydrogen) atoms. The summed E-state index contributed by atoms with van der Waals surface area (Å²) in [6.07, 6.45) is 0.784. The van der Waals surface area contributed by atoms with Crippen LogP contribution < -0.4 is 20.8 Å². The first-order valence-electron chi connectivity index (χ1n) is 11.8. The van der Waals surface area contributed by atoms with E-state index in [1.54, 1.807) is 26.4 Å². The lowest BCUT2D eigenvalue weighted by Gasteiger charge is -2.38. The molecule has 1 atom stereocenters. The van der Waals surface area contributed by atoms with Crippen LogP contribution in [0.15, 0.2) is 71.5 Å². The van der Waals surface area contributed by atoms with Gasteiger partial charge in [0.05, 0.1) is 37.7 Å². The van der Waals surface area contributed by atoms with Crippen LogP contribution in [0.5, 0.6) is 11.5 Å². The second-order valence-electron chi connectivity index (χ2n) is 8.84. The van der Waals surface area contributed by atoms with Crippen LogP contribution in [0, 0.1) is 0 Å². The van der Waals surface area contributed by atoms with Gasteiger partial charge in [0, 0.05) is 6.54 Å². The van der Waals surface area contributed by atoms with Crippen molar-refractivity contribution in [2.45, 2.75) is 25.6 Å². The molecular formula is C28H28N4O4. The lowest BCUT2D eigenvalue weighted by molar-refractivity contribution is -0.118. The van der Waals surface area contributed by atoms with Gasteiger partial charge in [-0.1, -0.05) is 42.5 Å². The van der Waals surface area contributed by atoms with Gasteiger partial charge in [0.2, 0.25) is 5.91 Å². The van der Waals surface area contributed by atoms with Crippen molar-refractivity contribution in [1.29, 1.82) is 0 Å². The van der Waals surface area contributed by atoms with E-state index in [2.05, 4.69) is 17.0 Å². The van der Waals surface area contributed by atoms with E-state index < -0.39 is 5.91 Å². The molecule has 4 aromatic rings. The van der Waals surface area contributed by atoms with Crippen LogP contribution in [-0.4, -0.2) is 41.1 Å². The lowest BCUT2D eigenvalue weighted by Crippen LogP contribution is -2.39. The molecule has 1 aliphatic heterocycles. The molecule has 1 aliphatic rings. The smallest absolute Gasteiger partial charge is 0.261 e. The fraction of sp³-hybridized carbons (Fsp3) is 0.250. The maximum Gasteiger partial charge on any atom is 0.261 e. The van der Waals surface area contributed by atoms with Crippen LogP contribution in [-0.2, 0) is 24.3 Å². The first kappa shape index (κ1) is 23.6. The van der Waals surface area contributed by atoms with Gasteiger partial charge in [-0.2, -0.15) is 0 Å². The third-order valence-electron chi connectivity index (χ3n) is 6.69. The van der Waals surface area contributed by atoms with Crippen LogP contribution in [0.25, 0.3) is 10.9 Å². The molecule has 0 saturated heterocycles. The number of benzene rings is 3. The van der Waals surface area contributed by atoms with Gasteiger partial charge >= 0.3 is 0 Å². The maximum atomic E-state index is 13.3. The van der Waals surface area contributed by atoms with Gasteiger partial charge in [0.25, 0.3) is 5.56 Å². The van der Waals surface area contributed by atoms with Gasteiger partial charge < -0.3 is 15.2 Å². The number of methoxy groups -OCH3 is 2. The topological polar surface area (TPSA) is 99.7 Å². The highest BCUT2D eigenvalue weighted by Crippen LogP contribution is 2.41. The molecule has 1 aromatic heterocycles. The van der Waals surface area contributed by atoms with Gasteiger partial charge in [0.15, 0.2) is 11.5 Å². The van der Waals surface area contributed by atoms with E-state index in [-0.39, 0.29) is 18.1 Å². The molecule has 8 heteroatoms. The number of aromatic nitrogens is 2. The lowest BCUT2D eigenvalue weighted by atomic mass is 9.87. The predicted molar refractivity (Wildman–Crippen MR) is 137 cm³/mol. The number of para-hydroxylation sites is 1.